The van der Waals surface area contributed by atoms with Gasteiger partial charge in [-0.05, 0) is 36.2 Å². The second kappa shape index (κ2) is 6.93. The standard InChI is InChI=1S/C18H18ClN3O2/c1-20-18(24)14-7-6-13(10-15(14)19)21-11-17(23)22-9-8-12-4-2-3-5-16(12)22/h2-7,10,21H,8-9,11H2,1H3,(H,20,24). The minimum Gasteiger partial charge on any atom is -0.376 e. The van der Waals surface area contributed by atoms with Crippen LogP contribution < -0.4 is 15.5 Å². The first-order valence-electron chi connectivity index (χ1n) is 7.74. The molecule has 0 bridgehead atoms. The summed E-state index contributed by atoms with van der Waals surface area (Å²) in [5.74, 6) is -0.234. The predicted octanol–water partition coefficient (Wildman–Crippen LogP) is 2.70. The molecule has 2 aromatic rings. The van der Waals surface area contributed by atoms with Gasteiger partial charge in [-0.3, -0.25) is 9.59 Å². The third-order valence-corrected chi connectivity index (χ3v) is 4.39. The summed E-state index contributed by atoms with van der Waals surface area (Å²) in [6.45, 7) is 0.875. The van der Waals surface area contributed by atoms with Crippen LogP contribution in [0.5, 0.6) is 0 Å². The molecule has 0 atom stereocenters. The van der Waals surface area contributed by atoms with E-state index < -0.39 is 0 Å². The number of hydrogen-bond acceptors (Lipinski definition) is 3. The van der Waals surface area contributed by atoms with Crippen molar-refractivity contribution in [2.45, 2.75) is 6.42 Å². The van der Waals surface area contributed by atoms with Gasteiger partial charge in [0, 0.05) is 25.0 Å². The molecule has 1 aliphatic rings. The normalized spacial score (nSPS) is 12.7. The van der Waals surface area contributed by atoms with Crippen molar-refractivity contribution in [1.29, 1.82) is 0 Å². The second-order valence-electron chi connectivity index (χ2n) is 5.55. The summed E-state index contributed by atoms with van der Waals surface area (Å²) in [5, 5.41) is 5.95. The van der Waals surface area contributed by atoms with Crippen LogP contribution in [0.2, 0.25) is 5.02 Å². The van der Waals surface area contributed by atoms with E-state index in [2.05, 4.69) is 10.6 Å². The van der Waals surface area contributed by atoms with Crippen LogP contribution in [-0.4, -0.2) is 32.0 Å². The van der Waals surface area contributed by atoms with Gasteiger partial charge in [0.15, 0.2) is 0 Å². The van der Waals surface area contributed by atoms with Crippen molar-refractivity contribution in [3.8, 4) is 0 Å². The molecule has 0 unspecified atom stereocenters. The van der Waals surface area contributed by atoms with Crippen LogP contribution in [0, 0.1) is 0 Å². The molecule has 0 aromatic heterocycles. The molecule has 5 nitrogen and oxygen atoms in total. The molecule has 0 fully saturated rings. The SMILES string of the molecule is CNC(=O)c1ccc(NCC(=O)N2CCc3ccccc32)cc1Cl. The lowest BCUT2D eigenvalue weighted by atomic mass is 10.2. The van der Waals surface area contributed by atoms with E-state index in [1.165, 1.54) is 5.56 Å². The number of hydrogen-bond donors (Lipinski definition) is 2. The largest absolute Gasteiger partial charge is 0.376 e. The van der Waals surface area contributed by atoms with Gasteiger partial charge in [0.05, 0.1) is 17.1 Å². The summed E-state index contributed by atoms with van der Waals surface area (Å²) in [4.78, 5) is 25.9. The Morgan fingerprint density at radius 1 is 1.21 bits per heavy atom. The van der Waals surface area contributed by atoms with Crippen LogP contribution in [0.4, 0.5) is 11.4 Å². The molecule has 2 N–H and O–H groups in total. The summed E-state index contributed by atoms with van der Waals surface area (Å²) in [5.41, 5.74) is 3.29. The number of para-hydroxylation sites is 1. The summed E-state index contributed by atoms with van der Waals surface area (Å²) in [7, 11) is 1.55. The Morgan fingerprint density at radius 3 is 2.75 bits per heavy atom. The maximum absolute atomic E-state index is 12.5. The van der Waals surface area contributed by atoms with Crippen LogP contribution in [0.25, 0.3) is 0 Å². The lowest BCUT2D eigenvalue weighted by molar-refractivity contribution is -0.116. The van der Waals surface area contributed by atoms with E-state index in [4.69, 9.17) is 11.6 Å². The summed E-state index contributed by atoms with van der Waals surface area (Å²) < 4.78 is 0. The number of amides is 2. The number of halogens is 1. The van der Waals surface area contributed by atoms with Gasteiger partial charge in [-0.1, -0.05) is 29.8 Å². The van der Waals surface area contributed by atoms with Crippen molar-refractivity contribution >= 4 is 34.8 Å². The molecular weight excluding hydrogens is 326 g/mol. The van der Waals surface area contributed by atoms with Crippen LogP contribution in [0.1, 0.15) is 15.9 Å². The Bertz CT molecular complexity index is 792. The maximum atomic E-state index is 12.5. The fourth-order valence-corrected chi connectivity index (χ4v) is 3.08. The lowest BCUT2D eigenvalue weighted by Gasteiger charge is -2.18. The Balaban J connectivity index is 1.65. The van der Waals surface area contributed by atoms with Crippen molar-refractivity contribution in [2.75, 3.05) is 30.4 Å². The van der Waals surface area contributed by atoms with Gasteiger partial charge in [0.1, 0.15) is 0 Å². The summed E-state index contributed by atoms with van der Waals surface area (Å²) >= 11 is 6.12. The van der Waals surface area contributed by atoms with Crippen molar-refractivity contribution in [3.05, 3.63) is 58.6 Å². The fourth-order valence-electron chi connectivity index (χ4n) is 2.81. The van der Waals surface area contributed by atoms with Crippen molar-refractivity contribution < 1.29 is 9.59 Å². The van der Waals surface area contributed by atoms with Gasteiger partial charge < -0.3 is 15.5 Å². The zero-order chi connectivity index (χ0) is 17.1. The number of nitrogens with zero attached hydrogens (tertiary/aromatic N) is 1. The zero-order valence-corrected chi connectivity index (χ0v) is 14.1. The van der Waals surface area contributed by atoms with E-state index in [0.717, 1.165) is 12.1 Å². The average molecular weight is 344 g/mol. The Kier molecular flexibility index (Phi) is 4.71. The number of rotatable bonds is 4. The number of fused-ring (bicyclic) bond motifs is 1. The van der Waals surface area contributed by atoms with E-state index >= 15 is 0 Å². The molecule has 0 spiro atoms. The zero-order valence-electron chi connectivity index (χ0n) is 13.3. The van der Waals surface area contributed by atoms with E-state index in [0.29, 0.717) is 22.8 Å². The third-order valence-electron chi connectivity index (χ3n) is 4.07. The molecule has 24 heavy (non-hydrogen) atoms. The van der Waals surface area contributed by atoms with Gasteiger partial charge >= 0.3 is 0 Å². The second-order valence-corrected chi connectivity index (χ2v) is 5.96. The van der Waals surface area contributed by atoms with Gasteiger partial charge in [-0.2, -0.15) is 0 Å². The van der Waals surface area contributed by atoms with Crippen LogP contribution >= 0.6 is 11.6 Å². The van der Waals surface area contributed by atoms with Crippen LogP contribution in [0.15, 0.2) is 42.5 Å². The summed E-state index contributed by atoms with van der Waals surface area (Å²) in [6, 6.07) is 13.0. The highest BCUT2D eigenvalue weighted by molar-refractivity contribution is 6.34. The van der Waals surface area contributed by atoms with E-state index in [1.807, 2.05) is 24.3 Å². The van der Waals surface area contributed by atoms with Crippen LogP contribution in [-0.2, 0) is 11.2 Å². The summed E-state index contributed by atoms with van der Waals surface area (Å²) in [6.07, 6.45) is 0.883. The number of benzene rings is 2. The fraction of sp³-hybridized carbons (Fsp3) is 0.222. The molecule has 3 rings (SSSR count). The molecule has 1 aliphatic heterocycles. The lowest BCUT2D eigenvalue weighted by Crippen LogP contribution is -2.34. The highest BCUT2D eigenvalue weighted by Crippen LogP contribution is 2.27. The average Bonchev–Trinajstić information content (AvgIpc) is 3.03. The van der Waals surface area contributed by atoms with Crippen molar-refractivity contribution in [3.63, 3.8) is 0 Å². The van der Waals surface area contributed by atoms with Crippen molar-refractivity contribution in [2.24, 2.45) is 0 Å². The minimum absolute atomic E-state index is 0.00597. The molecule has 0 saturated heterocycles. The van der Waals surface area contributed by atoms with Crippen LogP contribution in [0.3, 0.4) is 0 Å². The molecule has 0 saturated carbocycles. The Hall–Kier alpha value is -2.53. The molecule has 2 aromatic carbocycles. The first kappa shape index (κ1) is 16.3. The predicted molar refractivity (Wildman–Crippen MR) is 95.8 cm³/mol. The van der Waals surface area contributed by atoms with Gasteiger partial charge in [-0.25, -0.2) is 0 Å². The molecule has 1 heterocycles. The van der Waals surface area contributed by atoms with Gasteiger partial charge in [-0.15, -0.1) is 0 Å². The highest BCUT2D eigenvalue weighted by atomic mass is 35.5. The Labute approximate surface area is 145 Å². The smallest absolute Gasteiger partial charge is 0.252 e. The van der Waals surface area contributed by atoms with Crippen molar-refractivity contribution in [1.82, 2.24) is 5.32 Å². The van der Waals surface area contributed by atoms with Gasteiger partial charge in [0.25, 0.3) is 5.91 Å². The van der Waals surface area contributed by atoms with E-state index in [9.17, 15) is 9.59 Å². The van der Waals surface area contributed by atoms with Gasteiger partial charge in [0.2, 0.25) is 5.91 Å². The topological polar surface area (TPSA) is 61.4 Å². The van der Waals surface area contributed by atoms with E-state index in [1.54, 1.807) is 30.1 Å². The molecule has 0 radical (unpaired) electrons. The monoisotopic (exact) mass is 343 g/mol. The third kappa shape index (κ3) is 3.21. The molecular formula is C18H18ClN3O2. The van der Waals surface area contributed by atoms with E-state index in [-0.39, 0.29) is 18.4 Å². The first-order valence-corrected chi connectivity index (χ1v) is 8.11. The quantitative estimate of drug-likeness (QED) is 0.897. The minimum atomic E-state index is -0.240. The number of carbonyl (C=O) groups is 2. The molecule has 6 heteroatoms. The number of anilines is 2. The molecule has 124 valence electrons. The molecule has 0 aliphatic carbocycles. The number of carbonyl (C=O) groups excluding carboxylic acids is 2. The maximum Gasteiger partial charge on any atom is 0.252 e. The first-order chi connectivity index (χ1) is 11.6. The highest BCUT2D eigenvalue weighted by Gasteiger charge is 2.23. The number of nitrogens with one attached hydrogen (secondary N) is 2. The Morgan fingerprint density at radius 2 is 2.00 bits per heavy atom. The molecule has 2 amide bonds.